The molecule has 96 valence electrons. The van der Waals surface area contributed by atoms with Crippen LogP contribution in [0, 0.1) is 11.8 Å². The van der Waals surface area contributed by atoms with E-state index in [9.17, 15) is 9.59 Å². The van der Waals surface area contributed by atoms with Gasteiger partial charge >= 0.3 is 0 Å². The minimum absolute atomic E-state index is 0.549. The van der Waals surface area contributed by atoms with E-state index in [0.717, 1.165) is 12.6 Å². The maximum absolute atomic E-state index is 9.92. The predicted octanol–water partition coefficient (Wildman–Crippen LogP) is 4.05. The second-order valence-corrected chi connectivity index (χ2v) is 3.99. The van der Waals surface area contributed by atoms with Crippen LogP contribution >= 0.6 is 0 Å². The highest BCUT2D eigenvalue weighted by Gasteiger charge is 2.03. The predicted molar refractivity (Wildman–Crippen MR) is 71.5 cm³/mol. The van der Waals surface area contributed by atoms with E-state index in [1.54, 1.807) is 13.0 Å². The van der Waals surface area contributed by atoms with E-state index in [4.69, 9.17) is 0 Å². The molecule has 0 aliphatic carbocycles. The van der Waals surface area contributed by atoms with E-state index in [0.29, 0.717) is 18.3 Å². The van der Waals surface area contributed by atoms with Gasteiger partial charge in [0, 0.05) is 6.42 Å². The van der Waals surface area contributed by atoms with Crippen molar-refractivity contribution in [1.82, 2.24) is 0 Å². The Morgan fingerprint density at radius 1 is 1.06 bits per heavy atom. The van der Waals surface area contributed by atoms with Gasteiger partial charge in [-0.3, -0.25) is 4.79 Å². The number of hydrogen-bond acceptors (Lipinski definition) is 2. The molecule has 0 fully saturated rings. The molecule has 0 amide bonds. The number of allylic oxidation sites excluding steroid dienone is 2. The van der Waals surface area contributed by atoms with E-state index in [-0.39, 0.29) is 0 Å². The van der Waals surface area contributed by atoms with Crippen LogP contribution in [-0.4, -0.2) is 12.6 Å². The smallest absolute Gasteiger partial charge is 0.142 e. The summed E-state index contributed by atoms with van der Waals surface area (Å²) in [5.74, 6) is 1.19. The molecule has 0 radical (unpaired) electrons. The first-order valence-corrected chi connectivity index (χ1v) is 6.01. The molecule has 0 aromatic carbocycles. The van der Waals surface area contributed by atoms with E-state index >= 15 is 0 Å². The third-order valence-corrected chi connectivity index (χ3v) is 1.88. The highest BCUT2D eigenvalue weighted by atomic mass is 16.1. The fourth-order valence-corrected chi connectivity index (χ4v) is 0.503. The van der Waals surface area contributed by atoms with Gasteiger partial charge in [0.15, 0.2) is 0 Å². The van der Waals surface area contributed by atoms with Crippen LogP contribution in [0.25, 0.3) is 0 Å². The quantitative estimate of drug-likeness (QED) is 0.537. The molecule has 0 bridgehead atoms. The van der Waals surface area contributed by atoms with Gasteiger partial charge in [-0.15, -0.1) is 0 Å². The second kappa shape index (κ2) is 19.6. The summed E-state index contributed by atoms with van der Waals surface area (Å²) in [7, 11) is 0. The van der Waals surface area contributed by atoms with Crippen molar-refractivity contribution in [2.75, 3.05) is 0 Å². The van der Waals surface area contributed by atoms with Crippen LogP contribution in [0.4, 0.5) is 0 Å². The summed E-state index contributed by atoms with van der Waals surface area (Å²) < 4.78 is 0. The van der Waals surface area contributed by atoms with Gasteiger partial charge in [-0.05, 0) is 24.8 Å². The Morgan fingerprint density at radius 2 is 1.50 bits per heavy atom. The SMILES string of the molecule is C/C=C/C=O.CC(C)C(C)CC=O.CCC. The number of carbonyl (C=O) groups is 2. The van der Waals surface area contributed by atoms with Gasteiger partial charge in [0.2, 0.25) is 0 Å². The van der Waals surface area contributed by atoms with Crippen LogP contribution in [0.15, 0.2) is 12.2 Å². The van der Waals surface area contributed by atoms with E-state index < -0.39 is 0 Å². The second-order valence-electron chi connectivity index (χ2n) is 3.99. The molecule has 1 unspecified atom stereocenters. The zero-order valence-corrected chi connectivity index (χ0v) is 11.7. The highest BCUT2D eigenvalue weighted by molar-refractivity contribution is 5.64. The van der Waals surface area contributed by atoms with Gasteiger partial charge in [-0.1, -0.05) is 47.1 Å². The maximum Gasteiger partial charge on any atom is 0.142 e. The molecule has 0 heterocycles. The largest absolute Gasteiger partial charge is 0.303 e. The molecule has 1 atom stereocenters. The molecule has 0 aromatic heterocycles. The zero-order valence-electron chi connectivity index (χ0n) is 11.7. The maximum atomic E-state index is 9.92. The number of hydrogen-bond donors (Lipinski definition) is 0. The van der Waals surface area contributed by atoms with Crippen LogP contribution in [0.1, 0.15) is 54.4 Å². The lowest BCUT2D eigenvalue weighted by Crippen LogP contribution is -2.03. The van der Waals surface area contributed by atoms with Crippen molar-refractivity contribution in [1.29, 1.82) is 0 Å². The molecule has 0 aliphatic heterocycles. The molecule has 0 aromatic rings. The zero-order chi connectivity index (χ0) is 13.4. The minimum atomic E-state index is 0.549. The topological polar surface area (TPSA) is 34.1 Å². The first-order chi connectivity index (χ1) is 7.51. The Kier molecular flexibility index (Phi) is 25.1. The van der Waals surface area contributed by atoms with Gasteiger partial charge in [0.05, 0.1) is 0 Å². The van der Waals surface area contributed by atoms with Crippen LogP contribution in [0.2, 0.25) is 0 Å². The molecule has 16 heavy (non-hydrogen) atoms. The first kappa shape index (κ1) is 20.5. The Labute approximate surface area is 101 Å². The Bertz CT molecular complexity index is 160. The third kappa shape index (κ3) is 29.2. The summed E-state index contributed by atoms with van der Waals surface area (Å²) in [5.41, 5.74) is 0. The fourth-order valence-electron chi connectivity index (χ4n) is 0.503. The lowest BCUT2D eigenvalue weighted by molar-refractivity contribution is -0.108. The van der Waals surface area contributed by atoms with E-state index in [1.807, 2.05) is 0 Å². The molecule has 0 saturated heterocycles. The highest BCUT2D eigenvalue weighted by Crippen LogP contribution is 2.11. The molecule has 0 spiro atoms. The summed E-state index contributed by atoms with van der Waals surface area (Å²) in [6, 6.07) is 0. The van der Waals surface area contributed by atoms with Crippen molar-refractivity contribution in [3.8, 4) is 0 Å². The molecular weight excluding hydrogens is 200 g/mol. The molecule has 2 heteroatoms. The van der Waals surface area contributed by atoms with Crippen molar-refractivity contribution in [2.24, 2.45) is 11.8 Å². The lowest BCUT2D eigenvalue weighted by atomic mass is 9.96. The van der Waals surface area contributed by atoms with Crippen LogP contribution in [0.5, 0.6) is 0 Å². The van der Waals surface area contributed by atoms with Gasteiger partial charge in [0.25, 0.3) is 0 Å². The Balaban J connectivity index is -0.000000181. The van der Waals surface area contributed by atoms with E-state index in [1.165, 1.54) is 12.5 Å². The van der Waals surface area contributed by atoms with Crippen molar-refractivity contribution in [3.05, 3.63) is 12.2 Å². The normalized spacial score (nSPS) is 10.9. The Hall–Kier alpha value is -0.920. The van der Waals surface area contributed by atoms with Crippen molar-refractivity contribution in [2.45, 2.75) is 54.4 Å². The minimum Gasteiger partial charge on any atom is -0.303 e. The summed E-state index contributed by atoms with van der Waals surface area (Å²) >= 11 is 0. The Morgan fingerprint density at radius 3 is 1.56 bits per heavy atom. The molecule has 2 nitrogen and oxygen atoms in total. The third-order valence-electron chi connectivity index (χ3n) is 1.88. The molecule has 0 rings (SSSR count). The summed E-state index contributed by atoms with van der Waals surface area (Å²) in [5, 5.41) is 0. The fraction of sp³-hybridized carbons (Fsp3) is 0.714. The monoisotopic (exact) mass is 228 g/mol. The lowest BCUT2D eigenvalue weighted by Gasteiger charge is -2.09. The summed E-state index contributed by atoms with van der Waals surface area (Å²) in [6.45, 7) is 12.4. The van der Waals surface area contributed by atoms with Gasteiger partial charge in [-0.25, -0.2) is 0 Å². The number of aldehydes is 2. The summed E-state index contributed by atoms with van der Waals surface area (Å²) in [6.07, 6.45) is 6.83. The van der Waals surface area contributed by atoms with Gasteiger partial charge < -0.3 is 4.79 Å². The van der Waals surface area contributed by atoms with Crippen molar-refractivity contribution >= 4 is 12.6 Å². The van der Waals surface area contributed by atoms with Crippen molar-refractivity contribution < 1.29 is 9.59 Å². The van der Waals surface area contributed by atoms with Crippen molar-refractivity contribution in [3.63, 3.8) is 0 Å². The average molecular weight is 228 g/mol. The average Bonchev–Trinajstić information content (AvgIpc) is 2.21. The van der Waals surface area contributed by atoms with E-state index in [2.05, 4.69) is 34.6 Å². The molecule has 0 N–H and O–H groups in total. The molecular formula is C14H28O2. The number of carbonyl (C=O) groups excluding carboxylic acids is 2. The van der Waals surface area contributed by atoms with Crippen LogP contribution < -0.4 is 0 Å². The van der Waals surface area contributed by atoms with Gasteiger partial charge in [-0.2, -0.15) is 0 Å². The summed E-state index contributed by atoms with van der Waals surface area (Å²) in [4.78, 5) is 19.2. The molecule has 0 aliphatic rings. The molecule has 0 saturated carbocycles. The standard InChI is InChI=1S/C7H14O.C4H6O.C3H8/c1-6(2)7(3)4-5-8;1-2-3-4-5;1-3-2/h5-7H,4H2,1-3H3;2-4H,1H3;3H2,1-2H3/b;3-2+;. The van der Waals surface area contributed by atoms with Crippen LogP contribution in [-0.2, 0) is 9.59 Å². The van der Waals surface area contributed by atoms with Crippen LogP contribution in [0.3, 0.4) is 0 Å². The number of rotatable bonds is 4. The van der Waals surface area contributed by atoms with Gasteiger partial charge in [0.1, 0.15) is 12.6 Å². The first-order valence-electron chi connectivity index (χ1n) is 6.01.